The fourth-order valence-corrected chi connectivity index (χ4v) is 4.27. The van der Waals surface area contributed by atoms with Gasteiger partial charge in [0.25, 0.3) is 0 Å². The van der Waals surface area contributed by atoms with Crippen LogP contribution in [0.4, 0.5) is 0 Å². The number of hydrogen-bond donors (Lipinski definition) is 2. The topological polar surface area (TPSA) is 44.7 Å². The summed E-state index contributed by atoms with van der Waals surface area (Å²) in [6, 6.07) is 8.93. The Hall–Kier alpha value is -1.52. The molecule has 1 atom stereocenters. The molecule has 0 amide bonds. The molecule has 0 aromatic heterocycles. The summed E-state index contributed by atoms with van der Waals surface area (Å²) in [6.45, 7) is 2.50. The van der Waals surface area contributed by atoms with E-state index in [1.54, 1.807) is 6.26 Å². The molecule has 1 aromatic carbocycles. The molecule has 4 heteroatoms. The van der Waals surface area contributed by atoms with E-state index in [9.17, 15) is 5.11 Å². The molecule has 1 aromatic rings. The van der Waals surface area contributed by atoms with Crippen molar-refractivity contribution in [1.82, 2.24) is 10.2 Å². The lowest BCUT2D eigenvalue weighted by Crippen LogP contribution is -2.41. The first kappa shape index (κ1) is 15.0. The van der Waals surface area contributed by atoms with Gasteiger partial charge < -0.3 is 20.1 Å². The summed E-state index contributed by atoms with van der Waals surface area (Å²) in [5.74, 6) is 0. The Labute approximate surface area is 138 Å². The second-order valence-corrected chi connectivity index (χ2v) is 7.11. The zero-order valence-corrected chi connectivity index (χ0v) is 13.6. The van der Waals surface area contributed by atoms with Gasteiger partial charge in [-0.3, -0.25) is 0 Å². The number of nitrogens with one attached hydrogen (secondary N) is 1. The van der Waals surface area contributed by atoms with Crippen LogP contribution in [0, 0.1) is 0 Å². The largest absolute Gasteiger partial charge is 0.473 e. The SMILES string of the molecule is OC1(c2ccc([C@@H]3NC=CO3)cc2)CCC(N2CCCC2)CC1. The summed E-state index contributed by atoms with van der Waals surface area (Å²) < 4.78 is 5.46. The quantitative estimate of drug-likeness (QED) is 0.900. The minimum absolute atomic E-state index is 0.0930. The maximum atomic E-state index is 11.1. The van der Waals surface area contributed by atoms with Gasteiger partial charge in [-0.1, -0.05) is 24.3 Å². The van der Waals surface area contributed by atoms with Crippen molar-refractivity contribution in [2.24, 2.45) is 0 Å². The van der Waals surface area contributed by atoms with Crippen molar-refractivity contribution in [1.29, 1.82) is 0 Å². The van der Waals surface area contributed by atoms with Gasteiger partial charge in [-0.25, -0.2) is 0 Å². The van der Waals surface area contributed by atoms with Gasteiger partial charge in [0.2, 0.25) is 0 Å². The first-order chi connectivity index (χ1) is 11.2. The van der Waals surface area contributed by atoms with Gasteiger partial charge in [0.1, 0.15) is 6.26 Å². The van der Waals surface area contributed by atoms with Crippen molar-refractivity contribution >= 4 is 0 Å². The number of hydrogen-bond acceptors (Lipinski definition) is 4. The Balaban J connectivity index is 1.41. The molecule has 2 N–H and O–H groups in total. The van der Waals surface area contributed by atoms with E-state index in [1.165, 1.54) is 25.9 Å². The average molecular weight is 314 g/mol. The number of rotatable bonds is 3. The molecule has 1 aliphatic carbocycles. The lowest BCUT2D eigenvalue weighted by Gasteiger charge is -2.40. The third-order valence-electron chi connectivity index (χ3n) is 5.72. The molecule has 2 aliphatic heterocycles. The number of benzene rings is 1. The Bertz CT molecular complexity index is 547. The Morgan fingerprint density at radius 1 is 1.09 bits per heavy atom. The third-order valence-corrected chi connectivity index (χ3v) is 5.72. The summed E-state index contributed by atoms with van der Waals surface area (Å²) in [5.41, 5.74) is 1.48. The molecule has 0 radical (unpaired) electrons. The van der Waals surface area contributed by atoms with E-state index in [2.05, 4.69) is 34.5 Å². The zero-order valence-electron chi connectivity index (χ0n) is 13.6. The van der Waals surface area contributed by atoms with Crippen LogP contribution in [0.1, 0.15) is 55.9 Å². The van der Waals surface area contributed by atoms with Crippen molar-refractivity contribution in [3.05, 3.63) is 47.9 Å². The van der Waals surface area contributed by atoms with E-state index in [-0.39, 0.29) is 6.23 Å². The second kappa shape index (κ2) is 6.17. The highest BCUT2D eigenvalue weighted by atomic mass is 16.5. The van der Waals surface area contributed by atoms with Gasteiger partial charge >= 0.3 is 0 Å². The van der Waals surface area contributed by atoms with Crippen LogP contribution in [0.2, 0.25) is 0 Å². The molecule has 0 unspecified atom stereocenters. The van der Waals surface area contributed by atoms with Crippen molar-refractivity contribution in [2.45, 2.75) is 56.4 Å². The molecule has 0 bridgehead atoms. The van der Waals surface area contributed by atoms with Crippen molar-refractivity contribution in [3.63, 3.8) is 0 Å². The number of ether oxygens (including phenoxy) is 1. The first-order valence-corrected chi connectivity index (χ1v) is 8.88. The molecule has 4 nitrogen and oxygen atoms in total. The summed E-state index contributed by atoms with van der Waals surface area (Å²) >= 11 is 0. The minimum atomic E-state index is -0.656. The molecule has 0 spiro atoms. The van der Waals surface area contributed by atoms with Crippen LogP contribution in [0.15, 0.2) is 36.7 Å². The molecule has 124 valence electrons. The highest BCUT2D eigenvalue weighted by Crippen LogP contribution is 2.39. The fourth-order valence-electron chi connectivity index (χ4n) is 4.27. The smallest absolute Gasteiger partial charge is 0.195 e. The van der Waals surface area contributed by atoms with E-state index >= 15 is 0 Å². The summed E-state index contributed by atoms with van der Waals surface area (Å²) in [6.07, 6.45) is 10.0. The Morgan fingerprint density at radius 3 is 2.39 bits per heavy atom. The normalized spacial score (nSPS) is 34.3. The van der Waals surface area contributed by atoms with E-state index in [0.29, 0.717) is 6.04 Å². The first-order valence-electron chi connectivity index (χ1n) is 8.88. The van der Waals surface area contributed by atoms with Crippen molar-refractivity contribution < 1.29 is 9.84 Å². The fraction of sp³-hybridized carbons (Fsp3) is 0.579. The second-order valence-electron chi connectivity index (χ2n) is 7.11. The maximum absolute atomic E-state index is 11.1. The molecule has 1 saturated carbocycles. The summed E-state index contributed by atoms with van der Waals surface area (Å²) in [7, 11) is 0. The molecular weight excluding hydrogens is 288 g/mol. The number of likely N-dealkylation sites (tertiary alicyclic amines) is 1. The van der Waals surface area contributed by atoms with E-state index in [4.69, 9.17) is 4.74 Å². The van der Waals surface area contributed by atoms with Gasteiger partial charge in [-0.2, -0.15) is 0 Å². The lowest BCUT2D eigenvalue weighted by molar-refractivity contribution is -0.0221. The summed E-state index contributed by atoms with van der Waals surface area (Å²) in [4.78, 5) is 2.62. The molecule has 23 heavy (non-hydrogen) atoms. The van der Waals surface area contributed by atoms with Crippen LogP contribution < -0.4 is 5.32 Å². The predicted octanol–water partition coefficient (Wildman–Crippen LogP) is 3.00. The molecule has 4 rings (SSSR count). The Morgan fingerprint density at radius 2 is 1.78 bits per heavy atom. The molecule has 2 fully saturated rings. The van der Waals surface area contributed by atoms with Crippen LogP contribution in [0.5, 0.6) is 0 Å². The van der Waals surface area contributed by atoms with E-state index < -0.39 is 5.60 Å². The van der Waals surface area contributed by atoms with Gasteiger partial charge in [-0.15, -0.1) is 0 Å². The molecule has 2 heterocycles. The standard InChI is InChI=1S/C19H26N2O2/c22-19(9-7-17(8-10-19)21-12-1-2-13-21)16-5-3-15(4-6-16)18-20-11-14-23-18/h3-6,11,14,17-18,20,22H,1-2,7-10,12-13H2/t17?,18-,19?/m1/s1. The van der Waals surface area contributed by atoms with E-state index in [0.717, 1.165) is 36.8 Å². The van der Waals surface area contributed by atoms with Crippen LogP contribution in [-0.4, -0.2) is 29.1 Å². The molecular formula is C19H26N2O2. The zero-order chi connectivity index (χ0) is 15.7. The Kier molecular flexibility index (Phi) is 4.04. The van der Waals surface area contributed by atoms with Crippen LogP contribution >= 0.6 is 0 Å². The van der Waals surface area contributed by atoms with Gasteiger partial charge in [0, 0.05) is 17.8 Å². The van der Waals surface area contributed by atoms with Gasteiger partial charge in [-0.05, 0) is 57.2 Å². The van der Waals surface area contributed by atoms with E-state index in [1.807, 2.05) is 6.20 Å². The van der Waals surface area contributed by atoms with Crippen LogP contribution in [0.25, 0.3) is 0 Å². The van der Waals surface area contributed by atoms with Crippen molar-refractivity contribution in [2.75, 3.05) is 13.1 Å². The number of aliphatic hydroxyl groups is 1. The minimum Gasteiger partial charge on any atom is -0.473 e. The third kappa shape index (κ3) is 2.98. The van der Waals surface area contributed by atoms with Crippen LogP contribution in [-0.2, 0) is 10.3 Å². The predicted molar refractivity (Wildman–Crippen MR) is 89.5 cm³/mol. The molecule has 3 aliphatic rings. The summed E-state index contributed by atoms with van der Waals surface area (Å²) in [5, 5.41) is 14.2. The monoisotopic (exact) mass is 314 g/mol. The average Bonchev–Trinajstić information content (AvgIpc) is 3.30. The number of nitrogens with zero attached hydrogens (tertiary/aromatic N) is 1. The van der Waals surface area contributed by atoms with Crippen molar-refractivity contribution in [3.8, 4) is 0 Å². The maximum Gasteiger partial charge on any atom is 0.195 e. The van der Waals surface area contributed by atoms with Crippen LogP contribution in [0.3, 0.4) is 0 Å². The lowest BCUT2D eigenvalue weighted by atomic mass is 9.77. The van der Waals surface area contributed by atoms with Gasteiger partial charge in [0.05, 0.1) is 5.60 Å². The highest BCUT2D eigenvalue weighted by Gasteiger charge is 2.37. The van der Waals surface area contributed by atoms with Gasteiger partial charge in [0.15, 0.2) is 6.23 Å². The molecule has 1 saturated heterocycles. The highest BCUT2D eigenvalue weighted by molar-refractivity contribution is 5.29.